The first-order valence-corrected chi connectivity index (χ1v) is 7.26. The second kappa shape index (κ2) is 8.10. The highest BCUT2D eigenvalue weighted by atomic mass is 16.3. The normalized spacial score (nSPS) is 23.2. The van der Waals surface area contributed by atoms with Gasteiger partial charge >= 0.3 is 0 Å². The Labute approximate surface area is 112 Å². The lowest BCUT2D eigenvalue weighted by atomic mass is 10.2. The summed E-state index contributed by atoms with van der Waals surface area (Å²) < 4.78 is 0. The first kappa shape index (κ1) is 15.9. The highest BCUT2D eigenvalue weighted by Gasteiger charge is 2.26. The number of rotatable bonds is 8. The standard InChI is InChI=1S/C14H31N3O/c1-12(2)8-15-9-14(18)11-17-7-5-6-13(17)10-16(3)4/h12-15,18H,5-11H2,1-4H3. The maximum absolute atomic E-state index is 10.1. The van der Waals surface area contributed by atoms with Crippen molar-refractivity contribution in [2.45, 2.75) is 38.8 Å². The number of nitrogens with zero attached hydrogens (tertiary/aromatic N) is 2. The average molecular weight is 257 g/mol. The van der Waals surface area contributed by atoms with E-state index < -0.39 is 0 Å². The molecule has 2 atom stereocenters. The molecule has 1 saturated heterocycles. The molecule has 18 heavy (non-hydrogen) atoms. The van der Waals surface area contributed by atoms with Crippen molar-refractivity contribution >= 4 is 0 Å². The Balaban J connectivity index is 2.23. The molecule has 0 radical (unpaired) electrons. The molecule has 0 aliphatic carbocycles. The topological polar surface area (TPSA) is 38.7 Å². The lowest BCUT2D eigenvalue weighted by Crippen LogP contribution is -2.44. The SMILES string of the molecule is CC(C)CNCC(O)CN1CCCC1CN(C)C. The van der Waals surface area contributed by atoms with Crippen LogP contribution in [0.2, 0.25) is 0 Å². The van der Waals surface area contributed by atoms with Gasteiger partial charge in [-0.05, 0) is 45.9 Å². The Bertz CT molecular complexity index is 221. The molecule has 0 aromatic rings. The maximum atomic E-state index is 10.1. The van der Waals surface area contributed by atoms with Crippen LogP contribution >= 0.6 is 0 Å². The van der Waals surface area contributed by atoms with Crippen LogP contribution < -0.4 is 5.32 Å². The quantitative estimate of drug-likeness (QED) is 0.669. The molecule has 0 bridgehead atoms. The number of aliphatic hydroxyl groups is 1. The molecule has 1 rings (SSSR count). The minimum absolute atomic E-state index is 0.244. The monoisotopic (exact) mass is 257 g/mol. The molecular weight excluding hydrogens is 226 g/mol. The van der Waals surface area contributed by atoms with E-state index in [9.17, 15) is 5.11 Å². The average Bonchev–Trinajstić information content (AvgIpc) is 2.64. The molecule has 2 unspecified atom stereocenters. The zero-order valence-corrected chi connectivity index (χ0v) is 12.5. The lowest BCUT2D eigenvalue weighted by molar-refractivity contribution is 0.0965. The van der Waals surface area contributed by atoms with Crippen molar-refractivity contribution < 1.29 is 5.11 Å². The van der Waals surface area contributed by atoms with Crippen molar-refractivity contribution in [1.82, 2.24) is 15.1 Å². The first-order valence-electron chi connectivity index (χ1n) is 7.26. The van der Waals surface area contributed by atoms with Gasteiger partial charge in [0.1, 0.15) is 0 Å². The number of nitrogens with one attached hydrogen (secondary N) is 1. The fourth-order valence-corrected chi connectivity index (χ4v) is 2.64. The summed E-state index contributed by atoms with van der Waals surface area (Å²) in [5.74, 6) is 0.644. The van der Waals surface area contributed by atoms with E-state index in [1.165, 1.54) is 12.8 Å². The van der Waals surface area contributed by atoms with E-state index in [-0.39, 0.29) is 6.10 Å². The van der Waals surface area contributed by atoms with Crippen LogP contribution in [0.1, 0.15) is 26.7 Å². The van der Waals surface area contributed by atoms with Gasteiger partial charge in [-0.25, -0.2) is 0 Å². The lowest BCUT2D eigenvalue weighted by Gasteiger charge is -2.29. The van der Waals surface area contributed by atoms with Crippen LogP contribution in [0.5, 0.6) is 0 Å². The fourth-order valence-electron chi connectivity index (χ4n) is 2.64. The van der Waals surface area contributed by atoms with Crippen LogP contribution in [-0.4, -0.2) is 73.9 Å². The van der Waals surface area contributed by atoms with Gasteiger partial charge in [-0.1, -0.05) is 13.8 Å². The fraction of sp³-hybridized carbons (Fsp3) is 1.00. The summed E-state index contributed by atoms with van der Waals surface area (Å²) in [5, 5.41) is 13.4. The number of likely N-dealkylation sites (N-methyl/N-ethyl adjacent to an activating group) is 1. The van der Waals surface area contributed by atoms with Gasteiger partial charge in [0.05, 0.1) is 6.10 Å². The van der Waals surface area contributed by atoms with Gasteiger partial charge in [-0.2, -0.15) is 0 Å². The van der Waals surface area contributed by atoms with Crippen LogP contribution in [0.4, 0.5) is 0 Å². The van der Waals surface area contributed by atoms with E-state index in [0.717, 1.165) is 26.2 Å². The summed E-state index contributed by atoms with van der Waals surface area (Å²) in [6.07, 6.45) is 2.29. The largest absolute Gasteiger partial charge is 0.390 e. The number of likely N-dealkylation sites (tertiary alicyclic amines) is 1. The van der Waals surface area contributed by atoms with Gasteiger partial charge in [0.2, 0.25) is 0 Å². The molecule has 2 N–H and O–H groups in total. The molecule has 0 amide bonds. The van der Waals surface area contributed by atoms with Crippen LogP contribution in [0, 0.1) is 5.92 Å². The van der Waals surface area contributed by atoms with Gasteiger partial charge in [-0.15, -0.1) is 0 Å². The summed E-state index contributed by atoms with van der Waals surface area (Å²) >= 11 is 0. The molecule has 1 heterocycles. The predicted octanol–water partition coefficient (Wildman–Crippen LogP) is 0.619. The Morgan fingerprint density at radius 2 is 2.06 bits per heavy atom. The number of β-amino-alcohol motifs (C(OH)–C–C–N with tert-alkyl or cyclic N) is 1. The Morgan fingerprint density at radius 1 is 1.33 bits per heavy atom. The summed E-state index contributed by atoms with van der Waals surface area (Å²) in [6.45, 7) is 9.12. The highest BCUT2D eigenvalue weighted by molar-refractivity contribution is 4.82. The van der Waals surface area contributed by atoms with Crippen LogP contribution in [-0.2, 0) is 0 Å². The molecule has 108 valence electrons. The molecule has 0 saturated carbocycles. The first-order chi connectivity index (χ1) is 8.49. The van der Waals surface area contributed by atoms with Crippen molar-refractivity contribution in [3.05, 3.63) is 0 Å². The van der Waals surface area contributed by atoms with Crippen molar-refractivity contribution in [2.24, 2.45) is 5.92 Å². The predicted molar refractivity (Wildman–Crippen MR) is 76.9 cm³/mol. The van der Waals surface area contributed by atoms with Gasteiger partial charge in [0.15, 0.2) is 0 Å². The molecule has 1 aliphatic heterocycles. The molecule has 4 nitrogen and oxygen atoms in total. The van der Waals surface area contributed by atoms with E-state index in [1.54, 1.807) is 0 Å². The second-order valence-electron chi connectivity index (χ2n) is 6.26. The third kappa shape index (κ3) is 6.14. The van der Waals surface area contributed by atoms with E-state index >= 15 is 0 Å². The minimum Gasteiger partial charge on any atom is -0.390 e. The van der Waals surface area contributed by atoms with E-state index in [0.29, 0.717) is 18.5 Å². The number of hydrogen-bond acceptors (Lipinski definition) is 4. The summed E-state index contributed by atoms with van der Waals surface area (Å²) in [5.41, 5.74) is 0. The van der Waals surface area contributed by atoms with Crippen LogP contribution in [0.25, 0.3) is 0 Å². The Kier molecular flexibility index (Phi) is 7.15. The highest BCUT2D eigenvalue weighted by Crippen LogP contribution is 2.17. The van der Waals surface area contributed by atoms with E-state index in [4.69, 9.17) is 0 Å². The molecule has 1 aliphatic rings. The summed E-state index contributed by atoms with van der Waals surface area (Å²) in [6, 6.07) is 0.625. The van der Waals surface area contributed by atoms with Gasteiger partial charge in [0, 0.05) is 25.7 Å². The van der Waals surface area contributed by atoms with E-state index in [1.807, 2.05) is 0 Å². The van der Waals surface area contributed by atoms with E-state index in [2.05, 4.69) is 43.1 Å². The minimum atomic E-state index is -0.244. The van der Waals surface area contributed by atoms with Gasteiger partial charge in [-0.3, -0.25) is 4.90 Å². The zero-order valence-electron chi connectivity index (χ0n) is 12.5. The van der Waals surface area contributed by atoms with Crippen molar-refractivity contribution in [1.29, 1.82) is 0 Å². The Morgan fingerprint density at radius 3 is 2.67 bits per heavy atom. The smallest absolute Gasteiger partial charge is 0.0791 e. The van der Waals surface area contributed by atoms with Crippen LogP contribution in [0.15, 0.2) is 0 Å². The van der Waals surface area contributed by atoms with Crippen molar-refractivity contribution in [3.8, 4) is 0 Å². The summed E-state index contributed by atoms with van der Waals surface area (Å²) in [4.78, 5) is 4.69. The third-order valence-corrected chi connectivity index (χ3v) is 3.45. The van der Waals surface area contributed by atoms with Gasteiger partial charge in [0.25, 0.3) is 0 Å². The number of aliphatic hydroxyl groups excluding tert-OH is 1. The third-order valence-electron chi connectivity index (χ3n) is 3.45. The van der Waals surface area contributed by atoms with Crippen molar-refractivity contribution in [3.63, 3.8) is 0 Å². The van der Waals surface area contributed by atoms with Crippen molar-refractivity contribution in [2.75, 3.05) is 46.8 Å². The number of hydrogen-bond donors (Lipinski definition) is 2. The molecule has 0 aromatic carbocycles. The zero-order chi connectivity index (χ0) is 13.5. The molecular formula is C14H31N3O. The summed E-state index contributed by atoms with van der Waals surface area (Å²) in [7, 11) is 4.24. The molecule has 0 aromatic heterocycles. The molecule has 1 fully saturated rings. The molecule has 4 heteroatoms. The molecule has 0 spiro atoms. The van der Waals surface area contributed by atoms with Gasteiger partial charge < -0.3 is 15.3 Å². The maximum Gasteiger partial charge on any atom is 0.0791 e. The van der Waals surface area contributed by atoms with Crippen LogP contribution in [0.3, 0.4) is 0 Å². The Hall–Kier alpha value is -0.160. The second-order valence-corrected chi connectivity index (χ2v) is 6.26.